The third-order valence-corrected chi connectivity index (χ3v) is 3.30. The van der Waals surface area contributed by atoms with Gasteiger partial charge in [-0.2, -0.15) is 13.2 Å². The summed E-state index contributed by atoms with van der Waals surface area (Å²) in [7, 11) is 0. The first kappa shape index (κ1) is 10.9. The molecule has 0 aliphatic heterocycles. The molecule has 1 aliphatic carbocycles. The second-order valence-corrected chi connectivity index (χ2v) is 4.55. The van der Waals surface area contributed by atoms with Crippen LogP contribution in [0.3, 0.4) is 0 Å². The van der Waals surface area contributed by atoms with E-state index in [2.05, 4.69) is 20.9 Å². The van der Waals surface area contributed by atoms with Crippen LogP contribution in [0.2, 0.25) is 0 Å². The molecule has 1 saturated carbocycles. The van der Waals surface area contributed by atoms with Gasteiger partial charge >= 0.3 is 6.18 Å². The smallest absolute Gasteiger partial charge is 0.247 e. The highest BCUT2D eigenvalue weighted by Gasteiger charge is 2.36. The van der Waals surface area contributed by atoms with Crippen molar-refractivity contribution in [2.24, 2.45) is 0 Å². The SMILES string of the molecule is FC(F)(F)c1nc(C2CCC2)ccc1Br. The van der Waals surface area contributed by atoms with E-state index in [1.807, 2.05) is 0 Å². The number of hydrogen-bond acceptors (Lipinski definition) is 1. The van der Waals surface area contributed by atoms with Crippen molar-refractivity contribution in [2.45, 2.75) is 31.4 Å². The van der Waals surface area contributed by atoms with E-state index >= 15 is 0 Å². The molecule has 82 valence electrons. The number of hydrogen-bond donors (Lipinski definition) is 0. The summed E-state index contributed by atoms with van der Waals surface area (Å²) >= 11 is 2.87. The highest BCUT2D eigenvalue weighted by atomic mass is 79.9. The van der Waals surface area contributed by atoms with Crippen molar-refractivity contribution >= 4 is 15.9 Å². The zero-order chi connectivity index (χ0) is 11.1. The molecule has 15 heavy (non-hydrogen) atoms. The minimum Gasteiger partial charge on any atom is -0.247 e. The first-order valence-corrected chi connectivity index (χ1v) is 5.51. The topological polar surface area (TPSA) is 12.9 Å². The molecular formula is C10H9BrF3N. The summed E-state index contributed by atoms with van der Waals surface area (Å²) in [6.45, 7) is 0. The summed E-state index contributed by atoms with van der Waals surface area (Å²) in [6.07, 6.45) is -1.39. The van der Waals surface area contributed by atoms with Gasteiger partial charge in [0.05, 0.1) is 0 Å². The van der Waals surface area contributed by atoms with Gasteiger partial charge in [0.1, 0.15) is 0 Å². The Morgan fingerprint density at radius 2 is 1.93 bits per heavy atom. The molecule has 0 radical (unpaired) electrons. The Morgan fingerprint density at radius 1 is 1.27 bits per heavy atom. The van der Waals surface area contributed by atoms with Gasteiger partial charge in [0.25, 0.3) is 0 Å². The highest BCUT2D eigenvalue weighted by Crippen LogP contribution is 2.39. The van der Waals surface area contributed by atoms with Crippen molar-refractivity contribution in [2.75, 3.05) is 0 Å². The lowest BCUT2D eigenvalue weighted by Gasteiger charge is -2.25. The van der Waals surface area contributed by atoms with E-state index in [1.165, 1.54) is 6.07 Å². The largest absolute Gasteiger partial charge is 0.434 e. The number of aromatic nitrogens is 1. The quantitative estimate of drug-likeness (QED) is 0.753. The van der Waals surface area contributed by atoms with Gasteiger partial charge in [-0.15, -0.1) is 0 Å². The molecule has 2 rings (SSSR count). The summed E-state index contributed by atoms with van der Waals surface area (Å²) in [5.74, 6) is 0.221. The molecule has 0 spiro atoms. The van der Waals surface area contributed by atoms with E-state index in [0.717, 1.165) is 19.3 Å². The van der Waals surface area contributed by atoms with Crippen LogP contribution in [0.5, 0.6) is 0 Å². The Balaban J connectivity index is 2.36. The molecule has 0 atom stereocenters. The van der Waals surface area contributed by atoms with E-state index < -0.39 is 11.9 Å². The normalized spacial score (nSPS) is 17.6. The molecule has 1 aromatic heterocycles. The average molecular weight is 280 g/mol. The molecule has 0 bridgehead atoms. The minimum atomic E-state index is -4.38. The second-order valence-electron chi connectivity index (χ2n) is 3.69. The van der Waals surface area contributed by atoms with Crippen molar-refractivity contribution in [3.05, 3.63) is 28.0 Å². The Bertz CT molecular complexity index is 371. The van der Waals surface area contributed by atoms with Crippen molar-refractivity contribution in [3.63, 3.8) is 0 Å². The van der Waals surface area contributed by atoms with E-state index in [4.69, 9.17) is 0 Å². The lowest BCUT2D eigenvalue weighted by atomic mass is 9.82. The fourth-order valence-corrected chi connectivity index (χ4v) is 2.03. The molecule has 0 amide bonds. The fourth-order valence-electron chi connectivity index (χ4n) is 1.59. The van der Waals surface area contributed by atoms with Crippen LogP contribution in [-0.2, 0) is 6.18 Å². The van der Waals surface area contributed by atoms with Crippen LogP contribution in [0.15, 0.2) is 16.6 Å². The summed E-state index contributed by atoms with van der Waals surface area (Å²) in [6, 6.07) is 3.10. The molecule has 1 nitrogen and oxygen atoms in total. The van der Waals surface area contributed by atoms with Gasteiger partial charge in [-0.25, -0.2) is 4.98 Å². The van der Waals surface area contributed by atoms with Gasteiger partial charge < -0.3 is 0 Å². The van der Waals surface area contributed by atoms with Crippen molar-refractivity contribution in [1.82, 2.24) is 4.98 Å². The molecular weight excluding hydrogens is 271 g/mol. The highest BCUT2D eigenvalue weighted by molar-refractivity contribution is 9.10. The molecule has 1 fully saturated rings. The fraction of sp³-hybridized carbons (Fsp3) is 0.500. The average Bonchev–Trinajstić information content (AvgIpc) is 2.03. The zero-order valence-electron chi connectivity index (χ0n) is 7.81. The van der Waals surface area contributed by atoms with E-state index in [0.29, 0.717) is 5.69 Å². The van der Waals surface area contributed by atoms with Crippen LogP contribution < -0.4 is 0 Å². The van der Waals surface area contributed by atoms with Crippen LogP contribution in [0.1, 0.15) is 36.6 Å². The van der Waals surface area contributed by atoms with Gasteiger partial charge in [0.15, 0.2) is 5.69 Å². The molecule has 1 heterocycles. The van der Waals surface area contributed by atoms with E-state index in [9.17, 15) is 13.2 Å². The van der Waals surface area contributed by atoms with Crippen LogP contribution in [-0.4, -0.2) is 4.98 Å². The first-order valence-electron chi connectivity index (χ1n) is 4.72. The molecule has 5 heteroatoms. The van der Waals surface area contributed by atoms with Crippen LogP contribution in [0, 0.1) is 0 Å². The van der Waals surface area contributed by atoms with Gasteiger partial charge in [0.2, 0.25) is 0 Å². The van der Waals surface area contributed by atoms with E-state index in [1.54, 1.807) is 6.07 Å². The third-order valence-electron chi connectivity index (χ3n) is 2.66. The van der Waals surface area contributed by atoms with Gasteiger partial charge in [-0.3, -0.25) is 0 Å². The number of rotatable bonds is 1. The lowest BCUT2D eigenvalue weighted by molar-refractivity contribution is -0.142. The standard InChI is InChI=1S/C10H9BrF3N/c11-7-4-5-8(6-2-1-3-6)15-9(7)10(12,13)14/h4-6H,1-3H2. The number of halogens is 4. The molecule has 0 unspecified atom stereocenters. The maximum Gasteiger partial charge on any atom is 0.434 e. The molecule has 1 aliphatic rings. The minimum absolute atomic E-state index is 0.0121. The monoisotopic (exact) mass is 279 g/mol. The Kier molecular flexibility index (Phi) is 2.75. The van der Waals surface area contributed by atoms with Gasteiger partial charge in [-0.1, -0.05) is 6.42 Å². The third kappa shape index (κ3) is 2.17. The first-order chi connectivity index (χ1) is 6.98. The Labute approximate surface area is 93.8 Å². The van der Waals surface area contributed by atoms with Gasteiger partial charge in [0, 0.05) is 16.1 Å². The van der Waals surface area contributed by atoms with Crippen molar-refractivity contribution in [3.8, 4) is 0 Å². The second kappa shape index (κ2) is 3.77. The summed E-state index contributed by atoms with van der Waals surface area (Å²) in [5.41, 5.74) is -0.247. The molecule has 0 saturated heterocycles. The Morgan fingerprint density at radius 3 is 2.40 bits per heavy atom. The molecule has 0 N–H and O–H groups in total. The van der Waals surface area contributed by atoms with Crippen molar-refractivity contribution < 1.29 is 13.2 Å². The summed E-state index contributed by atoms with van der Waals surface area (Å²) in [4.78, 5) is 3.69. The van der Waals surface area contributed by atoms with Crippen LogP contribution in [0.4, 0.5) is 13.2 Å². The van der Waals surface area contributed by atoms with Gasteiger partial charge in [-0.05, 0) is 40.9 Å². The lowest BCUT2D eigenvalue weighted by Crippen LogP contribution is -2.15. The maximum atomic E-state index is 12.5. The number of alkyl halides is 3. The molecule has 0 aromatic carbocycles. The predicted octanol–water partition coefficient (Wildman–Crippen LogP) is 4.13. The predicted molar refractivity (Wildman–Crippen MR) is 53.5 cm³/mol. The number of pyridine rings is 1. The maximum absolute atomic E-state index is 12.5. The summed E-state index contributed by atoms with van der Waals surface area (Å²) < 4.78 is 37.6. The number of nitrogens with zero attached hydrogens (tertiary/aromatic N) is 1. The zero-order valence-corrected chi connectivity index (χ0v) is 9.40. The van der Waals surface area contributed by atoms with Crippen LogP contribution >= 0.6 is 15.9 Å². The molecule has 1 aromatic rings. The Hall–Kier alpha value is -0.580. The van der Waals surface area contributed by atoms with E-state index in [-0.39, 0.29) is 10.4 Å². The summed E-state index contributed by atoms with van der Waals surface area (Å²) in [5, 5.41) is 0. The van der Waals surface area contributed by atoms with Crippen molar-refractivity contribution in [1.29, 1.82) is 0 Å². The van der Waals surface area contributed by atoms with Crippen LogP contribution in [0.25, 0.3) is 0 Å².